The van der Waals surface area contributed by atoms with Crippen molar-refractivity contribution in [3.8, 4) is 0 Å². The fourth-order valence-electron chi connectivity index (χ4n) is 3.74. The summed E-state index contributed by atoms with van der Waals surface area (Å²) in [5, 5.41) is 0. The molecule has 1 aromatic rings. The van der Waals surface area contributed by atoms with Crippen LogP contribution in [0.5, 0.6) is 0 Å². The zero-order chi connectivity index (χ0) is 22.7. The van der Waals surface area contributed by atoms with Crippen LogP contribution >= 0.6 is 19.2 Å². The van der Waals surface area contributed by atoms with Crippen molar-refractivity contribution in [1.82, 2.24) is 0 Å². The number of hydrogen-bond acceptors (Lipinski definition) is 7. The maximum Gasteiger partial charge on any atom is 0.354 e. The third-order valence-electron chi connectivity index (χ3n) is 4.71. The Hall–Kier alpha value is -1.40. The van der Waals surface area contributed by atoms with Gasteiger partial charge in [0.1, 0.15) is 0 Å². The van der Waals surface area contributed by atoms with Crippen LogP contribution in [0, 0.1) is 5.41 Å². The van der Waals surface area contributed by atoms with Crippen molar-refractivity contribution < 1.29 is 32.7 Å². The van der Waals surface area contributed by atoms with E-state index >= 15 is 0 Å². The predicted octanol–water partition coefficient (Wildman–Crippen LogP) is 4.87. The lowest BCUT2D eigenvalue weighted by atomic mass is 9.99. The number of halogens is 1. The van der Waals surface area contributed by atoms with Crippen molar-refractivity contribution >= 4 is 31.1 Å². The second-order valence-corrected chi connectivity index (χ2v) is 10.6. The Kier molecular flexibility index (Phi) is 7.78. The first kappa shape index (κ1) is 24.9. The molecule has 2 atom stereocenters. The average Bonchev–Trinajstić information content (AvgIpc) is 3.25. The van der Waals surface area contributed by atoms with Gasteiger partial charge in [-0.15, -0.1) is 11.6 Å². The summed E-state index contributed by atoms with van der Waals surface area (Å²) in [5.41, 5.74) is -1.53. The van der Waals surface area contributed by atoms with Crippen molar-refractivity contribution in [3.63, 3.8) is 0 Å². The molecule has 1 aliphatic rings. The average molecular weight is 461 g/mol. The van der Waals surface area contributed by atoms with Gasteiger partial charge in [-0.05, 0) is 47.1 Å². The zero-order valence-corrected chi connectivity index (χ0v) is 19.9. The lowest BCUT2D eigenvalue weighted by molar-refractivity contribution is -0.164. The molecular weight excluding hydrogens is 431 g/mol. The van der Waals surface area contributed by atoms with E-state index in [0.717, 1.165) is 0 Å². The highest BCUT2D eigenvalue weighted by Gasteiger charge is 2.94. The summed E-state index contributed by atoms with van der Waals surface area (Å²) in [6.07, 6.45) is -1.08. The molecule has 1 saturated carbocycles. The highest BCUT2D eigenvalue weighted by Crippen LogP contribution is 2.88. The molecule has 0 saturated heterocycles. The molecule has 0 N–H and O–H groups in total. The molecule has 1 aliphatic carbocycles. The Labute approximate surface area is 182 Å². The molecule has 30 heavy (non-hydrogen) atoms. The Morgan fingerprint density at radius 3 is 1.77 bits per heavy atom. The van der Waals surface area contributed by atoms with E-state index in [4.69, 9.17) is 30.1 Å². The molecule has 9 heteroatoms. The first-order valence-electron chi connectivity index (χ1n) is 10.1. The number of carbonyl (C=O) groups is 2. The summed E-state index contributed by atoms with van der Waals surface area (Å²) in [5.74, 6) is -2.84. The number of hydrogen-bond donors (Lipinski definition) is 0. The minimum absolute atomic E-state index is 0.00877. The lowest BCUT2D eigenvalue weighted by Gasteiger charge is -2.29. The van der Waals surface area contributed by atoms with E-state index in [9.17, 15) is 14.2 Å². The minimum Gasteiger partial charge on any atom is -0.465 e. The smallest absolute Gasteiger partial charge is 0.354 e. The molecule has 0 bridgehead atoms. The number of rotatable bonds is 10. The lowest BCUT2D eigenvalue weighted by Crippen LogP contribution is -2.37. The second-order valence-electron chi connectivity index (χ2n) is 7.57. The van der Waals surface area contributed by atoms with E-state index in [1.165, 1.54) is 0 Å². The summed E-state index contributed by atoms with van der Waals surface area (Å²) >= 11 is 7.01. The quantitative estimate of drug-likeness (QED) is 0.213. The molecule has 0 unspecified atom stereocenters. The molecule has 2 rings (SSSR count). The van der Waals surface area contributed by atoms with Crippen LogP contribution in [0.1, 0.15) is 53.0 Å². The summed E-state index contributed by atoms with van der Waals surface area (Å²) in [6.45, 7) is 9.94. The Morgan fingerprint density at radius 1 is 0.967 bits per heavy atom. The Morgan fingerprint density at radius 2 is 1.40 bits per heavy atom. The minimum atomic E-state index is -4.24. The van der Waals surface area contributed by atoms with Gasteiger partial charge in [-0.25, -0.2) is 0 Å². The highest BCUT2D eigenvalue weighted by atomic mass is 35.5. The molecule has 0 aromatic heterocycles. The number of benzene rings is 1. The van der Waals surface area contributed by atoms with Gasteiger partial charge >= 0.3 is 19.5 Å². The third-order valence-corrected chi connectivity index (χ3v) is 8.65. The summed E-state index contributed by atoms with van der Waals surface area (Å²) in [7, 11) is -4.24. The van der Waals surface area contributed by atoms with E-state index in [1.54, 1.807) is 71.9 Å². The van der Waals surface area contributed by atoms with Gasteiger partial charge in [-0.2, -0.15) is 0 Å². The normalized spacial score (nSPS) is 22.8. The fraction of sp³-hybridized carbons (Fsp3) is 0.619. The van der Waals surface area contributed by atoms with E-state index in [1.807, 2.05) is 0 Å². The van der Waals surface area contributed by atoms with Crippen LogP contribution in [-0.4, -0.2) is 42.0 Å². The van der Waals surface area contributed by atoms with Crippen molar-refractivity contribution in [2.24, 2.45) is 5.41 Å². The van der Waals surface area contributed by atoms with Crippen LogP contribution in [0.25, 0.3) is 0 Å². The molecular formula is C21H30ClO7P. The molecule has 0 amide bonds. The van der Waals surface area contributed by atoms with Gasteiger partial charge in [-0.3, -0.25) is 14.2 Å². The van der Waals surface area contributed by atoms with Gasteiger partial charge in [0.05, 0.1) is 25.4 Å². The van der Waals surface area contributed by atoms with Gasteiger partial charge in [-0.1, -0.05) is 30.3 Å². The number of esters is 2. The first-order chi connectivity index (χ1) is 14.0. The van der Waals surface area contributed by atoms with E-state index < -0.39 is 47.7 Å². The molecule has 7 nitrogen and oxygen atoms in total. The van der Waals surface area contributed by atoms with Crippen LogP contribution in [0.15, 0.2) is 30.3 Å². The first-order valence-corrected chi connectivity index (χ1v) is 12.0. The standard InChI is InChI=1S/C21H30ClO7P/c1-7-26-18(23)20(19(24)27-8-2)17(16-12-10-9-11-13-16)21(20,22)30(25,28-14(3)4)29-15(5)6/h9-15,17H,7-8H2,1-6H3/t17-,21+/m1/s1. The van der Waals surface area contributed by atoms with Gasteiger partial charge in [0.2, 0.25) is 5.41 Å². The number of ether oxygens (including phenoxy) is 2. The molecule has 0 heterocycles. The Balaban J connectivity index is 2.79. The fourth-order valence-corrected chi connectivity index (χ4v) is 7.29. The number of carbonyl (C=O) groups excluding carboxylic acids is 2. The predicted molar refractivity (Wildman–Crippen MR) is 114 cm³/mol. The molecule has 168 valence electrons. The molecule has 0 radical (unpaired) electrons. The second kappa shape index (κ2) is 9.39. The van der Waals surface area contributed by atoms with Crippen LogP contribution in [0.2, 0.25) is 0 Å². The van der Waals surface area contributed by atoms with Crippen LogP contribution < -0.4 is 0 Å². The van der Waals surface area contributed by atoms with Gasteiger partial charge in [0.25, 0.3) is 0 Å². The van der Waals surface area contributed by atoms with Gasteiger partial charge < -0.3 is 18.5 Å². The molecule has 1 aromatic carbocycles. The highest BCUT2D eigenvalue weighted by molar-refractivity contribution is 7.58. The summed E-state index contributed by atoms with van der Waals surface area (Å²) < 4.78 is 34.0. The number of alkyl halides is 1. The summed E-state index contributed by atoms with van der Waals surface area (Å²) in [6, 6.07) is 8.67. The van der Waals surface area contributed by atoms with Crippen LogP contribution in [0.3, 0.4) is 0 Å². The molecule has 0 aliphatic heterocycles. The molecule has 1 fully saturated rings. The topological polar surface area (TPSA) is 88.1 Å². The van der Waals surface area contributed by atoms with Gasteiger partial charge in [0.15, 0.2) is 4.62 Å². The van der Waals surface area contributed by atoms with Crippen molar-refractivity contribution in [2.75, 3.05) is 13.2 Å². The SMILES string of the molecule is CCOC(=O)C1(C(=O)OCC)[C@@H](c2ccccc2)[C@]1(Cl)P(=O)(OC(C)C)OC(C)C. The van der Waals surface area contributed by atoms with Crippen molar-refractivity contribution in [1.29, 1.82) is 0 Å². The largest absolute Gasteiger partial charge is 0.465 e. The van der Waals surface area contributed by atoms with E-state index in [-0.39, 0.29) is 13.2 Å². The maximum atomic E-state index is 14.1. The van der Waals surface area contributed by atoms with Crippen molar-refractivity contribution in [3.05, 3.63) is 35.9 Å². The van der Waals surface area contributed by atoms with Gasteiger partial charge in [0, 0.05) is 5.92 Å². The monoisotopic (exact) mass is 460 g/mol. The zero-order valence-electron chi connectivity index (χ0n) is 18.2. The van der Waals surface area contributed by atoms with Crippen LogP contribution in [-0.2, 0) is 32.7 Å². The van der Waals surface area contributed by atoms with E-state index in [2.05, 4.69) is 0 Å². The Bertz CT molecular complexity index is 779. The van der Waals surface area contributed by atoms with Crippen LogP contribution in [0.4, 0.5) is 0 Å². The van der Waals surface area contributed by atoms with E-state index in [0.29, 0.717) is 5.56 Å². The summed E-state index contributed by atoms with van der Waals surface area (Å²) in [4.78, 5) is 26.4. The molecule has 0 spiro atoms. The third kappa shape index (κ3) is 3.93. The maximum absolute atomic E-state index is 14.1. The van der Waals surface area contributed by atoms with Crippen molar-refractivity contribution in [2.45, 2.75) is 64.3 Å².